The number of hydrogen-bond donors (Lipinski definition) is 2. The van der Waals surface area contributed by atoms with Crippen LogP contribution in [0.2, 0.25) is 0 Å². The lowest BCUT2D eigenvalue weighted by molar-refractivity contribution is 0.315. The number of nitrogens with zero attached hydrogens (tertiary/aromatic N) is 2. The zero-order chi connectivity index (χ0) is 20.7. The lowest BCUT2D eigenvalue weighted by atomic mass is 9.84. The molecule has 29 heavy (non-hydrogen) atoms. The van der Waals surface area contributed by atoms with Gasteiger partial charge in [-0.05, 0) is 61.3 Å². The first-order valence-electron chi connectivity index (χ1n) is 10.4. The number of hydrogen-bond acceptors (Lipinski definition) is 4. The second-order valence-corrected chi connectivity index (χ2v) is 9.50. The van der Waals surface area contributed by atoms with Gasteiger partial charge in [0.1, 0.15) is 10.7 Å². The summed E-state index contributed by atoms with van der Waals surface area (Å²) in [6.45, 7) is 8.63. The number of aryl methyl sites for hydroxylation is 2. The normalized spacial score (nSPS) is 17.7. The van der Waals surface area contributed by atoms with Gasteiger partial charge in [-0.25, -0.2) is 4.98 Å². The molecule has 0 radical (unpaired) electrons. The second kappa shape index (κ2) is 7.79. The van der Waals surface area contributed by atoms with Gasteiger partial charge in [0.2, 0.25) is 0 Å². The third-order valence-electron chi connectivity index (χ3n) is 6.08. The SMILES string of the molecule is CCCC(C(N)=NO)c1c(C)nc2sc3c(c2c1-c1ccc(C)cc1)CC(C)C3. The van der Waals surface area contributed by atoms with E-state index in [2.05, 4.69) is 57.1 Å². The van der Waals surface area contributed by atoms with Gasteiger partial charge in [0.05, 0.1) is 0 Å². The molecule has 2 unspecified atom stereocenters. The Balaban J connectivity index is 2.09. The van der Waals surface area contributed by atoms with Crippen molar-refractivity contribution in [2.45, 2.75) is 59.3 Å². The molecular formula is C24H29N3OS. The molecule has 5 heteroatoms. The maximum atomic E-state index is 9.49. The van der Waals surface area contributed by atoms with Crippen molar-refractivity contribution >= 4 is 27.4 Å². The fourth-order valence-electron chi connectivity index (χ4n) is 4.73. The predicted molar refractivity (Wildman–Crippen MR) is 122 cm³/mol. The first-order chi connectivity index (χ1) is 13.9. The molecule has 4 nitrogen and oxygen atoms in total. The number of pyridine rings is 1. The Kier molecular flexibility index (Phi) is 5.34. The molecule has 0 bridgehead atoms. The molecule has 0 fully saturated rings. The molecule has 0 saturated heterocycles. The van der Waals surface area contributed by atoms with Crippen LogP contribution in [0, 0.1) is 19.8 Å². The number of rotatable bonds is 5. The molecule has 2 heterocycles. The van der Waals surface area contributed by atoms with Crippen molar-refractivity contribution in [2.75, 3.05) is 0 Å². The summed E-state index contributed by atoms with van der Waals surface area (Å²) in [4.78, 5) is 7.61. The Labute approximate surface area is 176 Å². The van der Waals surface area contributed by atoms with Crippen molar-refractivity contribution in [1.82, 2.24) is 4.98 Å². The number of nitrogens with two attached hydrogens (primary N) is 1. The first-order valence-corrected chi connectivity index (χ1v) is 11.2. The number of thiophene rings is 1. The van der Waals surface area contributed by atoms with Gasteiger partial charge < -0.3 is 10.9 Å². The smallest absolute Gasteiger partial charge is 0.146 e. The summed E-state index contributed by atoms with van der Waals surface area (Å²) in [5, 5.41) is 14.2. The monoisotopic (exact) mass is 407 g/mol. The van der Waals surface area contributed by atoms with Crippen LogP contribution in [-0.2, 0) is 12.8 Å². The van der Waals surface area contributed by atoms with Crippen LogP contribution in [0.25, 0.3) is 21.3 Å². The zero-order valence-corrected chi connectivity index (χ0v) is 18.4. The van der Waals surface area contributed by atoms with Gasteiger partial charge in [0, 0.05) is 21.9 Å². The van der Waals surface area contributed by atoms with E-state index in [0.29, 0.717) is 5.92 Å². The van der Waals surface area contributed by atoms with E-state index < -0.39 is 0 Å². The molecule has 1 aromatic carbocycles. The highest BCUT2D eigenvalue weighted by Gasteiger charge is 2.30. The van der Waals surface area contributed by atoms with E-state index in [1.165, 1.54) is 32.5 Å². The Morgan fingerprint density at radius 1 is 1.28 bits per heavy atom. The van der Waals surface area contributed by atoms with Crippen molar-refractivity contribution in [3.8, 4) is 11.1 Å². The van der Waals surface area contributed by atoms with Crippen LogP contribution < -0.4 is 5.73 Å². The average molecular weight is 408 g/mol. The molecule has 3 N–H and O–H groups in total. The summed E-state index contributed by atoms with van der Waals surface area (Å²) < 4.78 is 0. The standard InChI is InChI=1S/C24H29N3OS/c1-5-6-17(23(25)27-28)20-15(4)26-24-22(18-11-14(3)12-19(18)29-24)21(20)16-9-7-13(2)8-10-16/h7-10,14,17,28H,5-6,11-12H2,1-4H3,(H2,25,27). The predicted octanol–water partition coefficient (Wildman–Crippen LogP) is 5.94. The van der Waals surface area contributed by atoms with Gasteiger partial charge in [0.15, 0.2) is 0 Å². The van der Waals surface area contributed by atoms with Gasteiger partial charge in [-0.3, -0.25) is 0 Å². The molecule has 2 atom stereocenters. The van der Waals surface area contributed by atoms with Crippen molar-refractivity contribution < 1.29 is 5.21 Å². The average Bonchev–Trinajstić information content (AvgIpc) is 3.21. The molecule has 1 aliphatic rings. The maximum absolute atomic E-state index is 9.49. The summed E-state index contributed by atoms with van der Waals surface area (Å²) in [5.41, 5.74) is 13.4. The third-order valence-corrected chi connectivity index (χ3v) is 7.22. The van der Waals surface area contributed by atoms with Crippen LogP contribution in [0.15, 0.2) is 29.4 Å². The third kappa shape index (κ3) is 3.42. The molecule has 1 aliphatic carbocycles. The highest BCUT2D eigenvalue weighted by Crippen LogP contribution is 2.47. The summed E-state index contributed by atoms with van der Waals surface area (Å²) in [6, 6.07) is 8.72. The summed E-state index contributed by atoms with van der Waals surface area (Å²) in [7, 11) is 0. The van der Waals surface area contributed by atoms with E-state index in [-0.39, 0.29) is 11.8 Å². The van der Waals surface area contributed by atoms with Gasteiger partial charge in [-0.1, -0.05) is 55.3 Å². The highest BCUT2D eigenvalue weighted by atomic mass is 32.1. The van der Waals surface area contributed by atoms with Crippen molar-refractivity contribution in [1.29, 1.82) is 0 Å². The largest absolute Gasteiger partial charge is 0.409 e. The van der Waals surface area contributed by atoms with Gasteiger partial charge in [0.25, 0.3) is 0 Å². The number of oxime groups is 1. The minimum Gasteiger partial charge on any atom is -0.409 e. The minimum absolute atomic E-state index is 0.146. The van der Waals surface area contributed by atoms with E-state index in [9.17, 15) is 5.21 Å². The lowest BCUT2D eigenvalue weighted by Gasteiger charge is -2.22. The number of aromatic nitrogens is 1. The quantitative estimate of drug-likeness (QED) is 0.238. The Morgan fingerprint density at radius 2 is 2.00 bits per heavy atom. The van der Waals surface area contributed by atoms with E-state index in [0.717, 1.165) is 41.8 Å². The Hall–Kier alpha value is -2.40. The van der Waals surface area contributed by atoms with Crippen LogP contribution in [0.5, 0.6) is 0 Å². The number of benzene rings is 1. The molecule has 2 aromatic heterocycles. The fraction of sp³-hybridized carbons (Fsp3) is 0.417. The first kappa shape index (κ1) is 19.9. The second-order valence-electron chi connectivity index (χ2n) is 8.42. The van der Waals surface area contributed by atoms with Crippen molar-refractivity contribution in [2.24, 2.45) is 16.8 Å². The molecule has 0 amide bonds. The lowest BCUT2D eigenvalue weighted by Crippen LogP contribution is -2.24. The summed E-state index contributed by atoms with van der Waals surface area (Å²) in [5.74, 6) is 0.795. The van der Waals surface area contributed by atoms with E-state index in [1.807, 2.05) is 11.3 Å². The van der Waals surface area contributed by atoms with Gasteiger partial charge >= 0.3 is 0 Å². The van der Waals surface area contributed by atoms with E-state index >= 15 is 0 Å². The van der Waals surface area contributed by atoms with Crippen molar-refractivity contribution in [3.63, 3.8) is 0 Å². The van der Waals surface area contributed by atoms with Gasteiger partial charge in [-0.2, -0.15) is 0 Å². The van der Waals surface area contributed by atoms with Crippen LogP contribution in [0.4, 0.5) is 0 Å². The Bertz CT molecular complexity index is 1080. The molecule has 0 saturated carbocycles. The Morgan fingerprint density at radius 3 is 2.66 bits per heavy atom. The van der Waals surface area contributed by atoms with Gasteiger partial charge in [-0.15, -0.1) is 11.3 Å². The zero-order valence-electron chi connectivity index (χ0n) is 17.6. The molecule has 0 aliphatic heterocycles. The fourth-order valence-corrected chi connectivity index (χ4v) is 6.15. The van der Waals surface area contributed by atoms with Crippen LogP contribution in [-0.4, -0.2) is 16.0 Å². The van der Waals surface area contributed by atoms with E-state index in [1.54, 1.807) is 0 Å². The van der Waals surface area contributed by atoms with Crippen LogP contribution in [0.3, 0.4) is 0 Å². The van der Waals surface area contributed by atoms with E-state index in [4.69, 9.17) is 10.7 Å². The maximum Gasteiger partial charge on any atom is 0.146 e. The summed E-state index contributed by atoms with van der Waals surface area (Å²) in [6.07, 6.45) is 4.01. The molecule has 4 rings (SSSR count). The molecule has 3 aromatic rings. The number of fused-ring (bicyclic) bond motifs is 3. The topological polar surface area (TPSA) is 71.5 Å². The van der Waals surface area contributed by atoms with Crippen LogP contribution in [0.1, 0.15) is 59.9 Å². The minimum atomic E-state index is -0.146. The van der Waals surface area contributed by atoms with Crippen LogP contribution >= 0.6 is 11.3 Å². The summed E-state index contributed by atoms with van der Waals surface area (Å²) >= 11 is 1.84. The number of amidine groups is 1. The molecule has 152 valence electrons. The molecule has 0 spiro atoms. The highest BCUT2D eigenvalue weighted by molar-refractivity contribution is 7.19. The molecular weight excluding hydrogens is 378 g/mol. The van der Waals surface area contributed by atoms with Crippen molar-refractivity contribution in [3.05, 3.63) is 51.5 Å².